The highest BCUT2D eigenvalue weighted by Crippen LogP contribution is 2.27. The minimum atomic E-state index is -0.362. The molecule has 4 aromatic rings. The van der Waals surface area contributed by atoms with E-state index in [0.717, 1.165) is 24.1 Å². The molecule has 0 unspecified atom stereocenters. The fourth-order valence-electron chi connectivity index (χ4n) is 4.20. The summed E-state index contributed by atoms with van der Waals surface area (Å²) >= 11 is 13.6. The predicted molar refractivity (Wildman–Crippen MR) is 147 cm³/mol. The summed E-state index contributed by atoms with van der Waals surface area (Å²) in [5.74, 6) is -0.238. The number of nitrogens with zero attached hydrogens (tertiary/aromatic N) is 3. The lowest BCUT2D eigenvalue weighted by molar-refractivity contribution is -0.117. The summed E-state index contributed by atoms with van der Waals surface area (Å²) in [5, 5.41) is 5.92. The zero-order chi connectivity index (χ0) is 25.8. The second kappa shape index (κ2) is 11.5. The van der Waals surface area contributed by atoms with E-state index in [-0.39, 0.29) is 24.5 Å². The van der Waals surface area contributed by atoms with E-state index in [0.29, 0.717) is 39.7 Å². The second-order valence-electron chi connectivity index (χ2n) is 8.65. The third-order valence-corrected chi connectivity index (χ3v) is 7.33. The molecule has 0 aliphatic carbocycles. The minimum Gasteiger partial charge on any atom is -0.376 e. The molecule has 190 valence electrons. The van der Waals surface area contributed by atoms with Crippen molar-refractivity contribution in [1.29, 1.82) is 0 Å². The van der Waals surface area contributed by atoms with Crippen LogP contribution in [0, 0.1) is 0 Å². The fourth-order valence-corrected chi connectivity index (χ4v) is 5.20. The van der Waals surface area contributed by atoms with Crippen LogP contribution < -0.4 is 5.32 Å². The van der Waals surface area contributed by atoms with Gasteiger partial charge in [0.15, 0.2) is 0 Å². The van der Waals surface area contributed by atoms with Gasteiger partial charge in [0.25, 0.3) is 5.91 Å². The maximum atomic E-state index is 13.3. The summed E-state index contributed by atoms with van der Waals surface area (Å²) in [6.07, 6.45) is 3.55. The van der Waals surface area contributed by atoms with Gasteiger partial charge < -0.3 is 9.64 Å². The lowest BCUT2D eigenvalue weighted by atomic mass is 10.2. The first-order valence-corrected chi connectivity index (χ1v) is 13.5. The third-order valence-electron chi connectivity index (χ3n) is 5.99. The van der Waals surface area contributed by atoms with E-state index in [2.05, 4.69) is 10.3 Å². The average molecular weight is 555 g/mol. The molecule has 5 rings (SSSR count). The Labute approximate surface area is 228 Å². The number of carbonyl (C=O) groups is 2. The van der Waals surface area contributed by atoms with Crippen molar-refractivity contribution in [2.75, 3.05) is 25.0 Å². The molecule has 2 aromatic heterocycles. The fraction of sp³-hybridized carbons (Fsp3) is 0.222. The highest BCUT2D eigenvalue weighted by atomic mass is 35.5. The van der Waals surface area contributed by atoms with E-state index in [1.54, 1.807) is 39.8 Å². The van der Waals surface area contributed by atoms with Gasteiger partial charge in [-0.1, -0.05) is 47.5 Å². The number of benzene rings is 2. The van der Waals surface area contributed by atoms with Crippen LogP contribution in [0.3, 0.4) is 0 Å². The molecule has 0 spiro atoms. The average Bonchev–Trinajstić information content (AvgIpc) is 3.66. The van der Waals surface area contributed by atoms with Gasteiger partial charge in [0.05, 0.1) is 16.7 Å². The van der Waals surface area contributed by atoms with Crippen molar-refractivity contribution in [3.63, 3.8) is 0 Å². The van der Waals surface area contributed by atoms with E-state index in [1.807, 2.05) is 41.9 Å². The van der Waals surface area contributed by atoms with Crippen molar-refractivity contribution >= 4 is 52.3 Å². The zero-order valence-electron chi connectivity index (χ0n) is 19.8. The molecule has 0 bridgehead atoms. The number of aromatic nitrogens is 2. The SMILES string of the molecule is O=C(CN(C[C@H]1CCCO1)C(=O)c1cccs1)Nc1nc(-c2ccc(Cl)cc2)cn1-c1cccc(Cl)c1. The van der Waals surface area contributed by atoms with E-state index in [4.69, 9.17) is 27.9 Å². The number of thiophene rings is 1. The molecule has 7 nitrogen and oxygen atoms in total. The van der Waals surface area contributed by atoms with Crippen LogP contribution in [0.15, 0.2) is 72.2 Å². The first-order chi connectivity index (χ1) is 18.0. The molecular formula is C27H24Cl2N4O3S. The number of ether oxygens (including phenoxy) is 1. The van der Waals surface area contributed by atoms with Gasteiger partial charge in [-0.25, -0.2) is 4.98 Å². The smallest absolute Gasteiger partial charge is 0.264 e. The zero-order valence-corrected chi connectivity index (χ0v) is 22.1. The molecule has 10 heteroatoms. The maximum Gasteiger partial charge on any atom is 0.264 e. The lowest BCUT2D eigenvalue weighted by Crippen LogP contribution is -2.42. The summed E-state index contributed by atoms with van der Waals surface area (Å²) < 4.78 is 7.50. The summed E-state index contributed by atoms with van der Waals surface area (Å²) in [7, 11) is 0. The van der Waals surface area contributed by atoms with Crippen molar-refractivity contribution in [3.8, 4) is 16.9 Å². The van der Waals surface area contributed by atoms with E-state index < -0.39 is 0 Å². The van der Waals surface area contributed by atoms with Gasteiger partial charge in [-0.2, -0.15) is 0 Å². The standard InChI is InChI=1S/C27H24Cl2N4O3S/c28-19-10-8-18(9-11-19)23-16-33(21-5-1-4-20(29)14-21)27(30-23)31-25(34)17-32(15-22-6-2-12-36-22)26(35)24-7-3-13-37-24/h1,3-5,7-11,13-14,16,22H,2,6,12,15,17H2,(H,30,31,34)/t22-/m1/s1. The first-order valence-electron chi connectivity index (χ1n) is 11.8. The van der Waals surface area contributed by atoms with Gasteiger partial charge >= 0.3 is 0 Å². The quantitative estimate of drug-likeness (QED) is 0.282. The van der Waals surface area contributed by atoms with Crippen LogP contribution in [-0.2, 0) is 9.53 Å². The van der Waals surface area contributed by atoms with Crippen molar-refractivity contribution in [1.82, 2.24) is 14.5 Å². The molecule has 1 aliphatic heterocycles. The van der Waals surface area contributed by atoms with Gasteiger partial charge in [-0.3, -0.25) is 19.5 Å². The van der Waals surface area contributed by atoms with Gasteiger partial charge in [-0.05, 0) is 54.6 Å². The molecule has 37 heavy (non-hydrogen) atoms. The molecule has 2 amide bonds. The Morgan fingerprint density at radius 2 is 1.95 bits per heavy atom. The molecule has 1 N–H and O–H groups in total. The number of carbonyl (C=O) groups excluding carboxylic acids is 2. The van der Waals surface area contributed by atoms with Crippen molar-refractivity contribution in [2.45, 2.75) is 18.9 Å². The van der Waals surface area contributed by atoms with Crippen molar-refractivity contribution < 1.29 is 14.3 Å². The van der Waals surface area contributed by atoms with Crippen molar-refractivity contribution in [3.05, 3.63) is 87.2 Å². The minimum absolute atomic E-state index is 0.0818. The molecule has 2 aromatic carbocycles. The van der Waals surface area contributed by atoms with Crippen LogP contribution in [0.5, 0.6) is 0 Å². The topological polar surface area (TPSA) is 76.5 Å². The third kappa shape index (κ3) is 6.22. The molecule has 1 aliphatic rings. The number of nitrogens with one attached hydrogen (secondary N) is 1. The Morgan fingerprint density at radius 1 is 1.11 bits per heavy atom. The number of imidazole rings is 1. The van der Waals surface area contributed by atoms with Gasteiger partial charge in [0, 0.05) is 40.6 Å². The maximum absolute atomic E-state index is 13.3. The molecule has 1 saturated heterocycles. The second-order valence-corrected chi connectivity index (χ2v) is 10.5. The van der Waals surface area contributed by atoms with Crippen LogP contribution in [0.25, 0.3) is 16.9 Å². The van der Waals surface area contributed by atoms with Crippen molar-refractivity contribution in [2.24, 2.45) is 0 Å². The number of rotatable bonds is 8. The molecule has 3 heterocycles. The Bertz CT molecular complexity index is 1380. The highest BCUT2D eigenvalue weighted by Gasteiger charge is 2.26. The summed E-state index contributed by atoms with van der Waals surface area (Å²) in [6, 6.07) is 18.1. The van der Waals surface area contributed by atoms with E-state index in [9.17, 15) is 9.59 Å². The van der Waals surface area contributed by atoms with Crippen LogP contribution in [0.1, 0.15) is 22.5 Å². The first kappa shape index (κ1) is 25.5. The lowest BCUT2D eigenvalue weighted by Gasteiger charge is -2.24. The number of hydrogen-bond acceptors (Lipinski definition) is 5. The number of anilines is 1. The Morgan fingerprint density at radius 3 is 2.65 bits per heavy atom. The number of amides is 2. The molecule has 1 atom stereocenters. The molecular weight excluding hydrogens is 531 g/mol. The van der Waals surface area contributed by atoms with Crippen LogP contribution in [0.2, 0.25) is 10.0 Å². The monoisotopic (exact) mass is 554 g/mol. The number of halogens is 2. The Kier molecular flexibility index (Phi) is 7.90. The van der Waals surface area contributed by atoms with Gasteiger partial charge in [0.1, 0.15) is 6.54 Å². The normalized spacial score (nSPS) is 15.0. The van der Waals surface area contributed by atoms with E-state index >= 15 is 0 Å². The molecule has 0 saturated carbocycles. The predicted octanol–water partition coefficient (Wildman–Crippen LogP) is 6.17. The largest absolute Gasteiger partial charge is 0.376 e. The van der Waals surface area contributed by atoms with Crippen LogP contribution >= 0.6 is 34.5 Å². The van der Waals surface area contributed by atoms with Gasteiger partial charge in [-0.15, -0.1) is 11.3 Å². The Balaban J connectivity index is 1.41. The van der Waals surface area contributed by atoms with Gasteiger partial charge in [0.2, 0.25) is 11.9 Å². The van der Waals surface area contributed by atoms with E-state index in [1.165, 1.54) is 11.3 Å². The summed E-state index contributed by atoms with van der Waals surface area (Å²) in [5.41, 5.74) is 2.23. The summed E-state index contributed by atoms with van der Waals surface area (Å²) in [4.78, 5) is 33.3. The molecule has 0 radical (unpaired) electrons. The summed E-state index contributed by atoms with van der Waals surface area (Å²) in [6.45, 7) is 0.890. The van der Waals surface area contributed by atoms with Crippen LogP contribution in [-0.4, -0.2) is 52.1 Å². The number of hydrogen-bond donors (Lipinski definition) is 1. The highest BCUT2D eigenvalue weighted by molar-refractivity contribution is 7.12. The Hall–Kier alpha value is -3.17. The molecule has 1 fully saturated rings. The van der Waals surface area contributed by atoms with Crippen LogP contribution in [0.4, 0.5) is 5.95 Å².